The van der Waals surface area contributed by atoms with Gasteiger partial charge in [-0.2, -0.15) is 0 Å². The second-order valence-electron chi connectivity index (χ2n) is 1.67. The van der Waals surface area contributed by atoms with Gasteiger partial charge in [-0.15, -0.1) is 0 Å². The van der Waals surface area contributed by atoms with Crippen molar-refractivity contribution >= 4 is 17.6 Å². The fraction of sp³-hybridized carbons (Fsp3) is 0.833. The van der Waals surface area contributed by atoms with Gasteiger partial charge in [0.05, 0.1) is 6.10 Å². The van der Waals surface area contributed by atoms with Crippen LogP contribution in [0, 0.1) is 0 Å². The molecule has 0 rings (SSSR count). The first-order valence-electron chi connectivity index (χ1n) is 2.86. The van der Waals surface area contributed by atoms with Gasteiger partial charge in [-0.05, 0) is 19.2 Å². The molecule has 0 radical (unpaired) electrons. The number of hydrogen-bond acceptors (Lipinski definition) is 2. The predicted octanol–water partition coefficient (Wildman–Crippen LogP) is 1.80. The van der Waals surface area contributed by atoms with Crippen LogP contribution in [0.1, 0.15) is 20.3 Å². The van der Waals surface area contributed by atoms with Crippen LogP contribution in [-0.4, -0.2) is 18.1 Å². The largest absolute Gasteiger partial charge is 0.378 e. The van der Waals surface area contributed by atoms with E-state index in [0.29, 0.717) is 6.10 Å². The van der Waals surface area contributed by atoms with Crippen LogP contribution in [0.5, 0.6) is 0 Å². The molecule has 0 aromatic carbocycles. The Morgan fingerprint density at radius 2 is 2.38 bits per heavy atom. The van der Waals surface area contributed by atoms with Crippen molar-refractivity contribution in [3.8, 4) is 0 Å². The van der Waals surface area contributed by atoms with Gasteiger partial charge in [-0.25, -0.2) is 0 Å². The average molecular weight is 132 g/mol. The lowest BCUT2D eigenvalue weighted by Gasteiger charge is -2.05. The Morgan fingerprint density at radius 3 is 2.75 bits per heavy atom. The molecule has 1 nitrogen and oxygen atoms in total. The highest BCUT2D eigenvalue weighted by Crippen LogP contribution is 1.92. The van der Waals surface area contributed by atoms with Crippen LogP contribution in [0.15, 0.2) is 0 Å². The second kappa shape index (κ2) is 5.19. The molecule has 0 aliphatic heterocycles. The Labute approximate surface area is 56.0 Å². The van der Waals surface area contributed by atoms with E-state index in [1.54, 1.807) is 5.37 Å². The van der Waals surface area contributed by atoms with E-state index in [0.717, 1.165) is 13.0 Å². The lowest BCUT2D eigenvalue weighted by atomic mass is 10.3. The van der Waals surface area contributed by atoms with Gasteiger partial charge in [0.25, 0.3) is 0 Å². The summed E-state index contributed by atoms with van der Waals surface area (Å²) in [6, 6.07) is 0. The van der Waals surface area contributed by atoms with Crippen LogP contribution < -0.4 is 0 Å². The summed E-state index contributed by atoms with van der Waals surface area (Å²) in [5, 5.41) is 1.71. The molecule has 0 aliphatic rings. The predicted molar refractivity (Wildman–Crippen MR) is 39.4 cm³/mol. The van der Waals surface area contributed by atoms with Gasteiger partial charge in [-0.3, -0.25) is 0 Å². The minimum atomic E-state index is 0.303. The summed E-state index contributed by atoms with van der Waals surface area (Å²) in [5.41, 5.74) is 0. The van der Waals surface area contributed by atoms with Gasteiger partial charge in [0.2, 0.25) is 0 Å². The highest BCUT2D eigenvalue weighted by Gasteiger charge is 1.94. The molecule has 0 bridgehead atoms. The normalized spacial score (nSPS) is 13.2. The van der Waals surface area contributed by atoms with Crippen molar-refractivity contribution in [2.24, 2.45) is 0 Å². The number of thiocarbonyl (C=S) groups is 1. The molecule has 0 heterocycles. The number of rotatable bonds is 4. The third kappa shape index (κ3) is 4.22. The first-order valence-corrected chi connectivity index (χ1v) is 3.33. The lowest BCUT2D eigenvalue weighted by Crippen LogP contribution is -2.06. The SMILES string of the molecule is CCOC(C)CC=S. The highest BCUT2D eigenvalue weighted by molar-refractivity contribution is 7.78. The third-order valence-corrected chi connectivity index (χ3v) is 1.07. The topological polar surface area (TPSA) is 9.23 Å². The van der Waals surface area contributed by atoms with Crippen molar-refractivity contribution in [1.29, 1.82) is 0 Å². The van der Waals surface area contributed by atoms with Crippen LogP contribution in [-0.2, 0) is 4.74 Å². The molecule has 1 atom stereocenters. The van der Waals surface area contributed by atoms with Gasteiger partial charge in [0.15, 0.2) is 0 Å². The zero-order valence-corrected chi connectivity index (χ0v) is 6.20. The van der Waals surface area contributed by atoms with E-state index in [9.17, 15) is 0 Å². The van der Waals surface area contributed by atoms with Crippen molar-refractivity contribution in [3.63, 3.8) is 0 Å². The molecule has 0 aromatic rings. The molecule has 1 unspecified atom stereocenters. The second-order valence-corrected chi connectivity index (χ2v) is 2.00. The molecule has 0 saturated carbocycles. The van der Waals surface area contributed by atoms with E-state index in [2.05, 4.69) is 12.2 Å². The van der Waals surface area contributed by atoms with Crippen molar-refractivity contribution < 1.29 is 4.74 Å². The quantitative estimate of drug-likeness (QED) is 0.539. The zero-order valence-electron chi connectivity index (χ0n) is 5.39. The van der Waals surface area contributed by atoms with Gasteiger partial charge >= 0.3 is 0 Å². The van der Waals surface area contributed by atoms with Crippen LogP contribution in [0.25, 0.3) is 0 Å². The lowest BCUT2D eigenvalue weighted by molar-refractivity contribution is 0.0827. The number of ether oxygens (including phenoxy) is 1. The molecular formula is C6H12OS. The standard InChI is InChI=1S/C6H12OS/c1-3-7-6(2)4-5-8/h5-6H,3-4H2,1-2H3. The summed E-state index contributed by atoms with van der Waals surface area (Å²) >= 11 is 4.64. The Morgan fingerprint density at radius 1 is 1.75 bits per heavy atom. The summed E-state index contributed by atoms with van der Waals surface area (Å²) in [6.45, 7) is 4.79. The van der Waals surface area contributed by atoms with E-state index in [-0.39, 0.29) is 0 Å². The monoisotopic (exact) mass is 132 g/mol. The molecule has 0 aromatic heterocycles. The minimum Gasteiger partial charge on any atom is -0.378 e. The summed E-state index contributed by atoms with van der Waals surface area (Å²) < 4.78 is 5.18. The fourth-order valence-corrected chi connectivity index (χ4v) is 0.759. The molecule has 2 heteroatoms. The summed E-state index contributed by atoms with van der Waals surface area (Å²) in [6.07, 6.45) is 1.18. The third-order valence-electron chi connectivity index (χ3n) is 0.879. The maximum Gasteiger partial charge on any atom is 0.0589 e. The van der Waals surface area contributed by atoms with Crippen molar-refractivity contribution in [1.82, 2.24) is 0 Å². The molecule has 0 amide bonds. The van der Waals surface area contributed by atoms with Gasteiger partial charge in [-0.1, -0.05) is 12.2 Å². The molecule has 0 saturated heterocycles. The summed E-state index contributed by atoms with van der Waals surface area (Å²) in [4.78, 5) is 0. The van der Waals surface area contributed by atoms with Gasteiger partial charge < -0.3 is 4.74 Å². The van der Waals surface area contributed by atoms with Gasteiger partial charge in [0, 0.05) is 13.0 Å². The molecule has 8 heavy (non-hydrogen) atoms. The Kier molecular flexibility index (Phi) is 5.22. The maximum absolute atomic E-state index is 5.18. The van der Waals surface area contributed by atoms with E-state index < -0.39 is 0 Å². The number of hydrogen-bond donors (Lipinski definition) is 0. The molecule has 0 fully saturated rings. The zero-order chi connectivity index (χ0) is 6.41. The minimum absolute atomic E-state index is 0.303. The van der Waals surface area contributed by atoms with Crippen LogP contribution >= 0.6 is 12.2 Å². The molecule has 0 aliphatic carbocycles. The van der Waals surface area contributed by atoms with E-state index in [4.69, 9.17) is 4.74 Å². The average Bonchev–Trinajstić information content (AvgIpc) is 1.68. The molecule has 48 valence electrons. The van der Waals surface area contributed by atoms with Crippen molar-refractivity contribution in [2.45, 2.75) is 26.4 Å². The Balaban J connectivity index is 3.03. The van der Waals surface area contributed by atoms with Gasteiger partial charge in [0.1, 0.15) is 0 Å². The van der Waals surface area contributed by atoms with Crippen molar-refractivity contribution in [3.05, 3.63) is 0 Å². The smallest absolute Gasteiger partial charge is 0.0589 e. The molecular weight excluding hydrogens is 120 g/mol. The Bertz CT molecular complexity index is 63.5. The van der Waals surface area contributed by atoms with E-state index in [1.807, 2.05) is 13.8 Å². The van der Waals surface area contributed by atoms with E-state index >= 15 is 0 Å². The molecule has 0 spiro atoms. The Hall–Kier alpha value is 0.0500. The van der Waals surface area contributed by atoms with Crippen LogP contribution in [0.3, 0.4) is 0 Å². The summed E-state index contributed by atoms with van der Waals surface area (Å²) in [5.74, 6) is 0. The first-order chi connectivity index (χ1) is 3.81. The van der Waals surface area contributed by atoms with Crippen molar-refractivity contribution in [2.75, 3.05) is 6.61 Å². The van der Waals surface area contributed by atoms with Crippen LogP contribution in [0.4, 0.5) is 0 Å². The fourth-order valence-electron chi connectivity index (χ4n) is 0.488. The van der Waals surface area contributed by atoms with E-state index in [1.165, 1.54) is 0 Å². The summed E-state index contributed by atoms with van der Waals surface area (Å²) in [7, 11) is 0. The maximum atomic E-state index is 5.18. The highest BCUT2D eigenvalue weighted by atomic mass is 32.1. The molecule has 0 N–H and O–H groups in total. The van der Waals surface area contributed by atoms with Crippen LogP contribution in [0.2, 0.25) is 0 Å². The first kappa shape index (κ1) is 8.05.